The quantitative estimate of drug-likeness (QED) is 0.778. The molecule has 2 amide bonds. The van der Waals surface area contributed by atoms with Crippen LogP contribution in [0.5, 0.6) is 0 Å². The molecule has 0 bridgehead atoms. The molecule has 0 saturated carbocycles. The van der Waals surface area contributed by atoms with Crippen molar-refractivity contribution in [3.05, 3.63) is 59.7 Å². The van der Waals surface area contributed by atoms with Crippen LogP contribution in [-0.2, 0) is 16.7 Å². The molecule has 118 valence electrons. The van der Waals surface area contributed by atoms with Crippen molar-refractivity contribution in [2.24, 2.45) is 0 Å². The summed E-state index contributed by atoms with van der Waals surface area (Å²) in [5.74, 6) is -0.185. The molecule has 0 spiro atoms. The van der Waals surface area contributed by atoms with Crippen molar-refractivity contribution in [1.82, 2.24) is 4.72 Å². The van der Waals surface area contributed by atoms with Crippen molar-refractivity contribution < 1.29 is 22.6 Å². The second-order valence-electron chi connectivity index (χ2n) is 4.96. The molecule has 0 atom stereocenters. The minimum atomic E-state index is -4.73. The lowest BCUT2D eigenvalue weighted by Crippen LogP contribution is -2.40. The van der Waals surface area contributed by atoms with Crippen LogP contribution in [0.2, 0.25) is 0 Å². The number of carbonyl (C=O) groups is 2. The monoisotopic (exact) mass is 332 g/mol. The van der Waals surface area contributed by atoms with Gasteiger partial charge in [-0.15, -0.1) is 0 Å². The molecule has 8 heteroatoms. The number of ketones is 1. The second kappa shape index (κ2) is 5.49. The first kappa shape index (κ1) is 15.2. The Labute approximate surface area is 132 Å². The van der Waals surface area contributed by atoms with Crippen LogP contribution >= 0.6 is 0 Å². The highest BCUT2D eigenvalue weighted by Crippen LogP contribution is 2.35. The number of rotatable bonds is 1. The van der Waals surface area contributed by atoms with Gasteiger partial charge in [0.25, 0.3) is 0 Å². The van der Waals surface area contributed by atoms with E-state index in [1.807, 2.05) is 0 Å². The maximum absolute atomic E-state index is 12.4. The first-order chi connectivity index (χ1) is 10.9. The molecule has 7 nitrogen and oxygen atoms in total. The molecule has 1 heterocycles. The number of Topliss-reactive ketones (excluding diaryl/α,β-unsaturated/α-hetero) is 1. The van der Waals surface area contributed by atoms with E-state index in [9.17, 15) is 18.0 Å². The van der Waals surface area contributed by atoms with E-state index in [4.69, 9.17) is 4.55 Å². The Bertz CT molecular complexity index is 908. The molecule has 2 aromatic carbocycles. The summed E-state index contributed by atoms with van der Waals surface area (Å²) in [7, 11) is -4.73. The van der Waals surface area contributed by atoms with Crippen LogP contribution in [0.15, 0.2) is 48.5 Å². The fraction of sp³-hybridized carbons (Fsp3) is 0.0667. The third-order valence-corrected chi connectivity index (χ3v) is 3.88. The second-order valence-corrected chi connectivity index (χ2v) is 6.12. The molecule has 0 fully saturated rings. The highest BCUT2D eigenvalue weighted by Gasteiger charge is 2.30. The number of hydrogen-bond acceptors (Lipinski definition) is 4. The average Bonchev–Trinajstić information content (AvgIpc) is 2.59. The average molecular weight is 332 g/mol. The molecule has 0 radical (unpaired) electrons. The lowest BCUT2D eigenvalue weighted by atomic mass is 10.0. The number of fused-ring (bicyclic) bond motifs is 2. The van der Waals surface area contributed by atoms with E-state index < -0.39 is 16.3 Å². The maximum Gasteiger partial charge on any atom is 0.361 e. The van der Waals surface area contributed by atoms with E-state index in [1.54, 1.807) is 48.5 Å². The molecule has 2 aromatic rings. The summed E-state index contributed by atoms with van der Waals surface area (Å²) < 4.78 is 32.4. The Kier molecular flexibility index (Phi) is 3.63. The van der Waals surface area contributed by atoms with E-state index in [0.717, 1.165) is 4.90 Å². The topological polar surface area (TPSA) is 104 Å². The summed E-state index contributed by atoms with van der Waals surface area (Å²) in [4.78, 5) is 25.8. The van der Waals surface area contributed by atoms with Crippen LogP contribution < -0.4 is 9.62 Å². The summed E-state index contributed by atoms with van der Waals surface area (Å²) in [6.07, 6.45) is 0.0862. The van der Waals surface area contributed by atoms with Gasteiger partial charge in [0.1, 0.15) is 0 Å². The fourth-order valence-corrected chi connectivity index (χ4v) is 2.87. The van der Waals surface area contributed by atoms with E-state index in [-0.39, 0.29) is 17.9 Å². The van der Waals surface area contributed by atoms with Crippen molar-refractivity contribution in [3.8, 4) is 0 Å². The van der Waals surface area contributed by atoms with Crippen molar-refractivity contribution in [1.29, 1.82) is 0 Å². The van der Waals surface area contributed by atoms with Gasteiger partial charge in [-0.25, -0.2) is 9.52 Å². The molecule has 0 saturated heterocycles. The third-order valence-electron chi connectivity index (χ3n) is 3.45. The number of carbonyl (C=O) groups excluding carboxylic acids is 2. The number of nitrogens with zero attached hydrogens (tertiary/aromatic N) is 1. The minimum absolute atomic E-state index is 0.0862. The van der Waals surface area contributed by atoms with Gasteiger partial charge in [-0.1, -0.05) is 30.3 Å². The minimum Gasteiger partial charge on any atom is -0.294 e. The van der Waals surface area contributed by atoms with Gasteiger partial charge in [0.2, 0.25) is 0 Å². The summed E-state index contributed by atoms with van der Waals surface area (Å²) in [5.41, 5.74) is 1.52. The van der Waals surface area contributed by atoms with Gasteiger partial charge in [0.05, 0.1) is 11.4 Å². The lowest BCUT2D eigenvalue weighted by molar-refractivity contribution is 0.0994. The lowest BCUT2D eigenvalue weighted by Gasteiger charge is -2.23. The maximum atomic E-state index is 12.4. The van der Waals surface area contributed by atoms with Crippen LogP contribution in [0.4, 0.5) is 16.2 Å². The van der Waals surface area contributed by atoms with Gasteiger partial charge in [-0.3, -0.25) is 14.2 Å². The number of hydrogen-bond donors (Lipinski definition) is 2. The van der Waals surface area contributed by atoms with Crippen LogP contribution in [-0.4, -0.2) is 24.8 Å². The predicted molar refractivity (Wildman–Crippen MR) is 83.1 cm³/mol. The van der Waals surface area contributed by atoms with E-state index in [1.165, 1.54) is 4.72 Å². The van der Waals surface area contributed by atoms with E-state index in [2.05, 4.69) is 0 Å². The number of urea groups is 1. The Balaban J connectivity index is 2.22. The van der Waals surface area contributed by atoms with Crippen LogP contribution in [0, 0.1) is 0 Å². The first-order valence-electron chi connectivity index (χ1n) is 6.66. The van der Waals surface area contributed by atoms with E-state index in [0.29, 0.717) is 16.8 Å². The van der Waals surface area contributed by atoms with Gasteiger partial charge in [-0.2, -0.15) is 8.42 Å². The number of para-hydroxylation sites is 2. The molecule has 3 rings (SSSR count). The molecule has 0 aliphatic carbocycles. The smallest absolute Gasteiger partial charge is 0.294 e. The van der Waals surface area contributed by atoms with Crippen LogP contribution in [0.1, 0.15) is 15.9 Å². The van der Waals surface area contributed by atoms with Crippen molar-refractivity contribution in [3.63, 3.8) is 0 Å². The largest absolute Gasteiger partial charge is 0.361 e. The Morgan fingerprint density at radius 3 is 2.35 bits per heavy atom. The zero-order valence-corrected chi connectivity index (χ0v) is 12.6. The molecule has 1 aliphatic rings. The molecule has 2 N–H and O–H groups in total. The Morgan fingerprint density at radius 2 is 1.65 bits per heavy atom. The molecular weight excluding hydrogens is 320 g/mol. The highest BCUT2D eigenvalue weighted by molar-refractivity contribution is 7.84. The van der Waals surface area contributed by atoms with Gasteiger partial charge in [0.15, 0.2) is 5.78 Å². The van der Waals surface area contributed by atoms with Crippen LogP contribution in [0.25, 0.3) is 0 Å². The van der Waals surface area contributed by atoms with Gasteiger partial charge >= 0.3 is 16.3 Å². The summed E-state index contributed by atoms with van der Waals surface area (Å²) in [6.45, 7) is 0. The summed E-state index contributed by atoms with van der Waals surface area (Å²) in [6, 6.07) is 12.0. The van der Waals surface area contributed by atoms with E-state index >= 15 is 0 Å². The molecule has 0 aromatic heterocycles. The standard InChI is InChI=1S/C15H12N2O5S/c18-14-9-10-5-1-3-7-12(10)17(15(19)16-23(20,21)22)13-8-4-2-6-11(13)14/h1-8H,9H2,(H,16,19)(H,20,21,22). The van der Waals surface area contributed by atoms with Crippen LogP contribution in [0.3, 0.4) is 0 Å². The normalized spacial score (nSPS) is 13.8. The highest BCUT2D eigenvalue weighted by atomic mass is 32.2. The van der Waals surface area contributed by atoms with Gasteiger partial charge < -0.3 is 0 Å². The molecule has 1 aliphatic heterocycles. The Hall–Kier alpha value is -2.71. The van der Waals surface area contributed by atoms with Gasteiger partial charge in [-0.05, 0) is 23.8 Å². The third kappa shape index (κ3) is 2.94. The van der Waals surface area contributed by atoms with Crippen molar-refractivity contribution in [2.75, 3.05) is 4.90 Å². The molecular formula is C15H12N2O5S. The first-order valence-corrected chi connectivity index (χ1v) is 8.10. The zero-order chi connectivity index (χ0) is 16.6. The summed E-state index contributed by atoms with van der Waals surface area (Å²) in [5, 5.41) is 0. The van der Waals surface area contributed by atoms with Gasteiger partial charge in [0, 0.05) is 12.0 Å². The van der Waals surface area contributed by atoms with Crippen molar-refractivity contribution >= 4 is 33.5 Å². The number of anilines is 2. The molecule has 23 heavy (non-hydrogen) atoms. The Morgan fingerprint density at radius 1 is 1.04 bits per heavy atom. The number of nitrogens with one attached hydrogen (secondary N) is 1. The zero-order valence-electron chi connectivity index (χ0n) is 11.8. The molecule has 0 unspecified atom stereocenters. The fourth-order valence-electron chi connectivity index (χ4n) is 2.56. The SMILES string of the molecule is O=C1Cc2ccccc2N(C(=O)NS(=O)(=O)O)c2ccccc21. The predicted octanol–water partition coefficient (Wildman–Crippen LogP) is 2.08. The summed E-state index contributed by atoms with van der Waals surface area (Å²) >= 11 is 0. The van der Waals surface area contributed by atoms with Crippen molar-refractivity contribution in [2.45, 2.75) is 6.42 Å². The number of benzene rings is 2. The number of amides is 2.